The molecule has 3 aliphatic rings. The Morgan fingerprint density at radius 3 is 2.26 bits per heavy atom. The van der Waals surface area contributed by atoms with Gasteiger partial charge in [0.05, 0.1) is 11.8 Å². The van der Waals surface area contributed by atoms with Crippen molar-refractivity contribution in [2.45, 2.75) is 97.4 Å². The van der Waals surface area contributed by atoms with Crippen LogP contribution in [0.25, 0.3) is 11.4 Å². The number of benzene rings is 2. The van der Waals surface area contributed by atoms with Crippen molar-refractivity contribution in [2.24, 2.45) is 0 Å². The van der Waals surface area contributed by atoms with Gasteiger partial charge in [0.2, 0.25) is 0 Å². The summed E-state index contributed by atoms with van der Waals surface area (Å²) >= 11 is 0. The summed E-state index contributed by atoms with van der Waals surface area (Å²) in [5, 5.41) is 0. The van der Waals surface area contributed by atoms with Gasteiger partial charge in [-0.2, -0.15) is 0 Å². The van der Waals surface area contributed by atoms with Crippen molar-refractivity contribution in [1.82, 2.24) is 9.97 Å². The molecule has 1 aromatic heterocycles. The molecule has 0 unspecified atom stereocenters. The molecule has 5 heteroatoms. The fourth-order valence-electron chi connectivity index (χ4n) is 6.86. The number of aromatic nitrogens is 2. The van der Waals surface area contributed by atoms with Gasteiger partial charge >= 0.3 is 0 Å². The molecule has 0 bridgehead atoms. The maximum Gasteiger partial charge on any atom is 0.162 e. The van der Waals surface area contributed by atoms with Crippen LogP contribution in [0.2, 0.25) is 0 Å². The van der Waals surface area contributed by atoms with Gasteiger partial charge in [-0.05, 0) is 94.5 Å². The van der Waals surface area contributed by atoms with Crippen LogP contribution in [0.4, 0.5) is 11.5 Å². The Hall–Kier alpha value is -2.92. The number of methoxy groups -OCH3 is 1. The van der Waals surface area contributed by atoms with Gasteiger partial charge in [-0.1, -0.05) is 30.3 Å². The van der Waals surface area contributed by atoms with Crippen molar-refractivity contribution >= 4 is 11.5 Å². The van der Waals surface area contributed by atoms with Crippen molar-refractivity contribution < 1.29 is 4.74 Å². The van der Waals surface area contributed by atoms with Crippen molar-refractivity contribution in [1.29, 1.82) is 0 Å². The molecule has 2 aromatic carbocycles. The lowest BCUT2D eigenvalue weighted by Crippen LogP contribution is -2.50. The van der Waals surface area contributed by atoms with E-state index >= 15 is 0 Å². The summed E-state index contributed by atoms with van der Waals surface area (Å²) < 4.78 is 5.81. The topological polar surface area (TPSA) is 41.5 Å². The number of aryl methyl sites for hydroxylation is 3. The van der Waals surface area contributed by atoms with Crippen LogP contribution in [0, 0.1) is 20.8 Å². The van der Waals surface area contributed by atoms with Gasteiger partial charge in [-0.15, -0.1) is 0 Å². The van der Waals surface area contributed by atoms with Gasteiger partial charge in [-0.25, -0.2) is 9.97 Å². The molecule has 0 spiro atoms. The Labute approximate surface area is 228 Å². The third-order valence-electron chi connectivity index (χ3n) is 9.10. The molecule has 0 amide bonds. The first-order chi connectivity index (χ1) is 18.3. The van der Waals surface area contributed by atoms with Gasteiger partial charge in [-0.3, -0.25) is 0 Å². The number of hydrogen-bond donors (Lipinski definition) is 0. The van der Waals surface area contributed by atoms with Crippen LogP contribution in [0.15, 0.2) is 36.4 Å². The summed E-state index contributed by atoms with van der Waals surface area (Å²) in [6.45, 7) is 13.1. The van der Waals surface area contributed by atoms with E-state index in [-0.39, 0.29) is 0 Å². The maximum atomic E-state index is 5.81. The molecule has 6 rings (SSSR count). The van der Waals surface area contributed by atoms with E-state index in [1.54, 1.807) is 0 Å². The molecule has 2 aliphatic heterocycles. The SMILES string of the molecule is CO[C@H]1C[C@@H](C)N(c2nc(-c3c(C)cccc3C)nc3c2CN(c2cc(C4CC4)ccc2C)CC3)[C@@H](C)C1. The number of rotatable bonds is 5. The van der Waals surface area contributed by atoms with E-state index in [2.05, 4.69) is 80.8 Å². The fraction of sp³-hybridized carbons (Fsp3) is 0.515. The predicted octanol–water partition coefficient (Wildman–Crippen LogP) is 6.90. The Morgan fingerprint density at radius 1 is 0.895 bits per heavy atom. The van der Waals surface area contributed by atoms with Crippen molar-refractivity contribution in [3.8, 4) is 11.4 Å². The summed E-state index contributed by atoms with van der Waals surface area (Å²) in [5.41, 5.74) is 10.4. The molecule has 2 fully saturated rings. The lowest BCUT2D eigenvalue weighted by atomic mass is 9.93. The zero-order valence-corrected chi connectivity index (χ0v) is 23.9. The molecule has 1 saturated carbocycles. The summed E-state index contributed by atoms with van der Waals surface area (Å²) in [6.07, 6.45) is 5.94. The zero-order chi connectivity index (χ0) is 26.6. The standard InChI is InChI=1S/C33H42N4O/c1-20-10-11-26(25-12-13-25)18-30(20)36-15-14-29-28(19-36)33(37-23(4)16-27(38-6)17-24(37)5)35-32(34-29)31-21(2)8-7-9-22(31)3/h7-11,18,23-25,27H,12-17,19H2,1-6H3/t23-,24+,27+. The highest BCUT2D eigenvalue weighted by Crippen LogP contribution is 2.43. The first-order valence-electron chi connectivity index (χ1n) is 14.5. The molecule has 1 saturated heterocycles. The Kier molecular flexibility index (Phi) is 6.67. The minimum atomic E-state index is 0.302. The lowest BCUT2D eigenvalue weighted by Gasteiger charge is -2.45. The van der Waals surface area contributed by atoms with E-state index < -0.39 is 0 Å². The Bertz CT molecular complexity index is 1310. The van der Waals surface area contributed by atoms with E-state index in [1.807, 2.05) is 7.11 Å². The van der Waals surface area contributed by atoms with Crippen molar-refractivity contribution in [3.63, 3.8) is 0 Å². The molecular formula is C33H42N4O. The largest absolute Gasteiger partial charge is 0.381 e. The average molecular weight is 511 g/mol. The van der Waals surface area contributed by atoms with Gasteiger partial charge in [0, 0.05) is 55.5 Å². The predicted molar refractivity (Wildman–Crippen MR) is 156 cm³/mol. The van der Waals surface area contributed by atoms with Crippen molar-refractivity contribution in [3.05, 3.63) is 69.9 Å². The Balaban J connectivity index is 1.45. The van der Waals surface area contributed by atoms with E-state index in [0.717, 1.165) is 49.9 Å². The highest BCUT2D eigenvalue weighted by Gasteiger charge is 2.36. The smallest absolute Gasteiger partial charge is 0.162 e. The molecule has 0 radical (unpaired) electrons. The molecular weight excluding hydrogens is 468 g/mol. The first-order valence-corrected chi connectivity index (χ1v) is 14.5. The minimum absolute atomic E-state index is 0.302. The third kappa shape index (κ3) is 4.59. The first kappa shape index (κ1) is 25.4. The van der Waals surface area contributed by atoms with Gasteiger partial charge < -0.3 is 14.5 Å². The molecule has 3 atom stereocenters. The van der Waals surface area contributed by atoms with Crippen molar-refractivity contribution in [2.75, 3.05) is 23.5 Å². The summed E-state index contributed by atoms with van der Waals surface area (Å²) in [6, 6.07) is 14.3. The van der Waals surface area contributed by atoms with Crippen LogP contribution in [-0.2, 0) is 17.7 Å². The van der Waals surface area contributed by atoms with E-state index in [9.17, 15) is 0 Å². The highest BCUT2D eigenvalue weighted by molar-refractivity contribution is 5.69. The van der Waals surface area contributed by atoms with Gasteiger partial charge in [0.25, 0.3) is 0 Å². The summed E-state index contributed by atoms with van der Waals surface area (Å²) in [4.78, 5) is 15.8. The number of ether oxygens (including phenoxy) is 1. The van der Waals surface area contributed by atoms with Crippen LogP contribution in [0.5, 0.6) is 0 Å². The summed E-state index contributed by atoms with van der Waals surface area (Å²) in [5.74, 6) is 2.76. The normalized spacial score (nSPS) is 23.5. The van der Waals surface area contributed by atoms with Crippen LogP contribution in [-0.4, -0.2) is 41.8 Å². The lowest BCUT2D eigenvalue weighted by molar-refractivity contribution is 0.0611. The molecule has 5 nitrogen and oxygen atoms in total. The van der Waals surface area contributed by atoms with Crippen LogP contribution < -0.4 is 9.80 Å². The number of hydrogen-bond acceptors (Lipinski definition) is 5. The minimum Gasteiger partial charge on any atom is -0.381 e. The number of piperidine rings is 1. The third-order valence-corrected chi connectivity index (χ3v) is 9.10. The van der Waals surface area contributed by atoms with Crippen LogP contribution in [0.3, 0.4) is 0 Å². The molecule has 1 aliphatic carbocycles. The molecule has 0 N–H and O–H groups in total. The average Bonchev–Trinajstić information content (AvgIpc) is 3.74. The fourth-order valence-corrected chi connectivity index (χ4v) is 6.86. The maximum absolute atomic E-state index is 5.81. The molecule has 38 heavy (non-hydrogen) atoms. The second-order valence-corrected chi connectivity index (χ2v) is 12.0. The van der Waals surface area contributed by atoms with E-state index in [1.165, 1.54) is 57.6 Å². The second-order valence-electron chi connectivity index (χ2n) is 12.0. The monoisotopic (exact) mass is 510 g/mol. The zero-order valence-electron chi connectivity index (χ0n) is 23.9. The van der Waals surface area contributed by atoms with Crippen LogP contribution in [0.1, 0.15) is 79.0 Å². The molecule has 3 heterocycles. The van der Waals surface area contributed by atoms with E-state index in [4.69, 9.17) is 14.7 Å². The Morgan fingerprint density at radius 2 is 1.61 bits per heavy atom. The van der Waals surface area contributed by atoms with Gasteiger partial charge in [0.1, 0.15) is 5.82 Å². The number of nitrogens with zero attached hydrogens (tertiary/aromatic N) is 4. The molecule has 3 aromatic rings. The quantitative estimate of drug-likeness (QED) is 0.373. The van der Waals surface area contributed by atoms with Crippen LogP contribution >= 0.6 is 0 Å². The molecule has 200 valence electrons. The summed E-state index contributed by atoms with van der Waals surface area (Å²) in [7, 11) is 1.85. The number of anilines is 2. The second kappa shape index (κ2) is 10.00. The highest BCUT2D eigenvalue weighted by atomic mass is 16.5. The number of fused-ring (bicyclic) bond motifs is 1. The van der Waals surface area contributed by atoms with E-state index in [0.29, 0.717) is 18.2 Å². The van der Waals surface area contributed by atoms with Gasteiger partial charge in [0.15, 0.2) is 5.82 Å².